The number of fused-ring (bicyclic) bond motifs is 6. The normalized spacial score (nSPS) is 12.2. The second-order valence-electron chi connectivity index (χ2n) is 11.7. The summed E-state index contributed by atoms with van der Waals surface area (Å²) in [6.45, 7) is 6.09. The van der Waals surface area contributed by atoms with Gasteiger partial charge >= 0.3 is 0 Å². The Morgan fingerprint density at radius 1 is 0.477 bits per heavy atom. The Balaban J connectivity index is 1.06. The molecule has 1 nitrogen and oxygen atoms in total. The van der Waals surface area contributed by atoms with Crippen LogP contribution in [0, 0.1) is 0 Å². The average Bonchev–Trinajstić information content (AvgIpc) is 3.85. The van der Waals surface area contributed by atoms with Crippen molar-refractivity contribution >= 4 is 107 Å². The predicted octanol–water partition coefficient (Wildman–Crippen LogP) is 14.7. The van der Waals surface area contributed by atoms with Gasteiger partial charge in [-0.05, 0) is 87.6 Å². The smallest absolute Gasteiger partial charge is 0.0536 e. The lowest BCUT2D eigenvalue weighted by molar-refractivity contribution is 0.143. The highest BCUT2D eigenvalue weighted by Crippen LogP contribution is 2.49. The summed E-state index contributed by atoms with van der Waals surface area (Å²) < 4.78 is 14.1. The largest absolute Gasteiger partial charge is 0.382 e. The molecule has 0 N–H and O–H groups in total. The van der Waals surface area contributed by atoms with Crippen LogP contribution in [0.4, 0.5) is 0 Å². The maximum Gasteiger partial charge on any atom is 0.0536 e. The predicted molar refractivity (Wildman–Crippen MR) is 206 cm³/mol. The molecule has 0 fully saturated rings. The number of aryl methyl sites for hydroxylation is 2. The molecule has 0 aliphatic heterocycles. The van der Waals surface area contributed by atoms with E-state index in [1.807, 2.05) is 68.0 Å². The van der Waals surface area contributed by atoms with Gasteiger partial charge in [-0.3, -0.25) is 0 Å². The second kappa shape index (κ2) is 14.5. The van der Waals surface area contributed by atoms with E-state index in [9.17, 15) is 0 Å². The maximum atomic E-state index is 5.48. The summed E-state index contributed by atoms with van der Waals surface area (Å²) in [5.74, 6) is 0. The Labute approximate surface area is 285 Å². The first-order valence-electron chi connectivity index (χ1n) is 16.3. The molecule has 0 aliphatic carbocycles. The van der Waals surface area contributed by atoms with Crippen molar-refractivity contribution < 1.29 is 4.74 Å². The molecule has 6 heterocycles. The van der Waals surface area contributed by atoms with Crippen molar-refractivity contribution in [3.8, 4) is 19.5 Å². The molecule has 0 atom stereocenters. The minimum Gasteiger partial charge on any atom is -0.382 e. The van der Waals surface area contributed by atoms with Gasteiger partial charge < -0.3 is 4.74 Å². The molecule has 0 radical (unpaired) electrons. The summed E-state index contributed by atoms with van der Waals surface area (Å²) in [4.78, 5) is 8.77. The van der Waals surface area contributed by atoms with Crippen LogP contribution in [0.2, 0.25) is 0 Å². The highest BCUT2D eigenvalue weighted by atomic mass is 32.1. The fourth-order valence-electron chi connectivity index (χ4n) is 6.03. The molecule has 7 aromatic rings. The average molecular weight is 693 g/mol. The SMILES string of the molecule is CCCCCCCCc1ccc(-c2cc3sc4cc5c(cc4c3s2)sc2cc(-c3ccc(CCCCCOCC)s3)sc25)s1. The van der Waals surface area contributed by atoms with Gasteiger partial charge in [0.1, 0.15) is 0 Å². The van der Waals surface area contributed by atoms with E-state index in [2.05, 4.69) is 62.4 Å². The molecule has 0 unspecified atom stereocenters. The molecule has 44 heavy (non-hydrogen) atoms. The zero-order valence-corrected chi connectivity index (χ0v) is 30.6. The molecule has 6 aromatic heterocycles. The number of unbranched alkanes of at least 4 members (excludes halogenated alkanes) is 7. The van der Waals surface area contributed by atoms with Crippen LogP contribution in [0.3, 0.4) is 0 Å². The molecule has 0 aliphatic rings. The summed E-state index contributed by atoms with van der Waals surface area (Å²) in [6.07, 6.45) is 14.3. The van der Waals surface area contributed by atoms with Crippen LogP contribution in [0.15, 0.2) is 48.5 Å². The number of thiophene rings is 6. The van der Waals surface area contributed by atoms with Gasteiger partial charge in [0.05, 0.1) is 9.40 Å². The van der Waals surface area contributed by atoms with E-state index in [1.165, 1.54) is 134 Å². The van der Waals surface area contributed by atoms with Crippen LogP contribution in [0.5, 0.6) is 0 Å². The molecule has 7 rings (SSSR count). The Bertz CT molecular complexity index is 1830. The van der Waals surface area contributed by atoms with Crippen molar-refractivity contribution in [1.82, 2.24) is 0 Å². The van der Waals surface area contributed by atoms with Gasteiger partial charge in [0.2, 0.25) is 0 Å². The van der Waals surface area contributed by atoms with E-state index in [0.29, 0.717) is 0 Å². The van der Waals surface area contributed by atoms with E-state index in [-0.39, 0.29) is 0 Å². The Morgan fingerprint density at radius 3 is 1.55 bits per heavy atom. The maximum absolute atomic E-state index is 5.48. The number of rotatable bonds is 16. The van der Waals surface area contributed by atoms with Crippen molar-refractivity contribution in [2.24, 2.45) is 0 Å². The lowest BCUT2D eigenvalue weighted by atomic mass is 10.1. The van der Waals surface area contributed by atoms with Crippen LogP contribution in [-0.2, 0) is 17.6 Å². The molecule has 230 valence electrons. The van der Waals surface area contributed by atoms with Crippen LogP contribution >= 0.6 is 68.0 Å². The third-order valence-corrected chi connectivity index (χ3v) is 15.9. The number of hydrogen-bond donors (Lipinski definition) is 0. The number of ether oxygens (including phenoxy) is 1. The van der Waals surface area contributed by atoms with E-state index < -0.39 is 0 Å². The first-order chi connectivity index (χ1) is 21.7. The molecule has 0 amide bonds. The monoisotopic (exact) mass is 692 g/mol. The van der Waals surface area contributed by atoms with E-state index >= 15 is 0 Å². The molecule has 0 saturated heterocycles. The van der Waals surface area contributed by atoms with Crippen LogP contribution in [0.25, 0.3) is 58.5 Å². The van der Waals surface area contributed by atoms with Crippen LogP contribution in [-0.4, -0.2) is 13.2 Å². The standard InChI is InChI=1S/C37H40OS6/c1-3-5-6-7-8-10-13-24-15-17-28(39-24)32-22-34-36(43-32)26-20-31-27(21-30(26)41-34)37-35(42-31)23-33(44-37)29-18-16-25(40-29)14-11-9-12-19-38-4-2/h15-18,20-23H,3-14,19H2,1-2H3. The quantitative estimate of drug-likeness (QED) is 0.0916. The van der Waals surface area contributed by atoms with Gasteiger partial charge in [0.25, 0.3) is 0 Å². The topological polar surface area (TPSA) is 9.23 Å². The summed E-state index contributed by atoms with van der Waals surface area (Å²) in [7, 11) is 0. The van der Waals surface area contributed by atoms with E-state index in [1.54, 1.807) is 4.88 Å². The van der Waals surface area contributed by atoms with Crippen molar-refractivity contribution in [1.29, 1.82) is 0 Å². The van der Waals surface area contributed by atoms with Gasteiger partial charge in [0, 0.05) is 72.0 Å². The fourth-order valence-corrected chi connectivity index (χ4v) is 13.4. The zero-order chi connectivity index (χ0) is 29.9. The highest BCUT2D eigenvalue weighted by Gasteiger charge is 2.17. The third kappa shape index (κ3) is 6.76. The second-order valence-corrected chi connectivity index (χ2v) is 18.3. The lowest BCUT2D eigenvalue weighted by Gasteiger charge is -2.00. The van der Waals surface area contributed by atoms with Gasteiger partial charge in [-0.15, -0.1) is 68.0 Å². The van der Waals surface area contributed by atoms with Gasteiger partial charge in [0.15, 0.2) is 0 Å². The van der Waals surface area contributed by atoms with Gasteiger partial charge in [-0.2, -0.15) is 0 Å². The zero-order valence-electron chi connectivity index (χ0n) is 25.7. The molecule has 0 saturated carbocycles. The van der Waals surface area contributed by atoms with E-state index in [0.717, 1.165) is 13.2 Å². The van der Waals surface area contributed by atoms with Gasteiger partial charge in [-0.25, -0.2) is 0 Å². The molecule has 0 bridgehead atoms. The first-order valence-corrected chi connectivity index (χ1v) is 21.2. The third-order valence-electron chi connectivity index (χ3n) is 8.41. The minimum absolute atomic E-state index is 0.829. The molecule has 0 spiro atoms. The number of hydrogen-bond acceptors (Lipinski definition) is 7. The molecule has 7 heteroatoms. The fraction of sp³-hybridized carbons (Fsp3) is 0.405. The van der Waals surface area contributed by atoms with Crippen molar-refractivity contribution in [3.05, 3.63) is 58.3 Å². The summed E-state index contributed by atoms with van der Waals surface area (Å²) in [5, 5.41) is 2.88. The van der Waals surface area contributed by atoms with Crippen LogP contribution in [0.1, 0.15) is 81.4 Å². The molecule has 1 aromatic carbocycles. The number of benzene rings is 1. The molecular weight excluding hydrogens is 653 g/mol. The summed E-state index contributed by atoms with van der Waals surface area (Å²) in [6, 6.07) is 19.3. The van der Waals surface area contributed by atoms with Crippen LogP contribution < -0.4 is 0 Å². The van der Waals surface area contributed by atoms with E-state index in [4.69, 9.17) is 4.74 Å². The Hall–Kier alpha value is -1.58. The summed E-state index contributed by atoms with van der Waals surface area (Å²) in [5.41, 5.74) is 0. The van der Waals surface area contributed by atoms with Crippen molar-refractivity contribution in [2.75, 3.05) is 13.2 Å². The lowest BCUT2D eigenvalue weighted by Crippen LogP contribution is -1.93. The van der Waals surface area contributed by atoms with Crippen molar-refractivity contribution in [2.45, 2.75) is 84.5 Å². The Morgan fingerprint density at radius 2 is 1.00 bits per heavy atom. The van der Waals surface area contributed by atoms with Crippen molar-refractivity contribution in [3.63, 3.8) is 0 Å². The highest BCUT2D eigenvalue weighted by molar-refractivity contribution is 7.36. The first kappa shape index (κ1) is 31.0. The Kier molecular flexibility index (Phi) is 10.2. The van der Waals surface area contributed by atoms with Gasteiger partial charge in [-0.1, -0.05) is 45.4 Å². The molecular formula is C37H40OS6. The minimum atomic E-state index is 0.829. The summed E-state index contributed by atoms with van der Waals surface area (Å²) >= 11 is 11.9.